The number of hydrogen-bond donors (Lipinski definition) is 0. The Labute approximate surface area is 113 Å². The Morgan fingerprint density at radius 1 is 1.18 bits per heavy atom. The number of hydrogen-bond acceptors (Lipinski definition) is 1. The third kappa shape index (κ3) is 2.37. The zero-order valence-corrected chi connectivity index (χ0v) is 13.3. The molecule has 0 N–H and O–H groups in total. The van der Waals surface area contributed by atoms with Crippen molar-refractivity contribution in [1.82, 2.24) is 0 Å². The smallest absolute Gasteiger partial charge is 0.129 e. The number of rotatable bonds is 3. The first kappa shape index (κ1) is 14.6. The SMILES string of the molecule is C/C=c1/c(C(C)(C)C(C)(C)CBr)co/c1=C/C. The predicted octanol–water partition coefficient (Wildman–Crippen LogP) is 3.58. The average Bonchev–Trinajstić information content (AvgIpc) is 2.71. The van der Waals surface area contributed by atoms with Gasteiger partial charge in [-0.05, 0) is 30.8 Å². The lowest BCUT2D eigenvalue weighted by molar-refractivity contribution is 0.232. The van der Waals surface area contributed by atoms with Crippen LogP contribution in [0.2, 0.25) is 0 Å². The fourth-order valence-corrected chi connectivity index (χ4v) is 2.62. The first-order valence-corrected chi connectivity index (χ1v) is 7.20. The Kier molecular flexibility index (Phi) is 4.29. The second-order valence-electron chi connectivity index (χ2n) is 5.65. The lowest BCUT2D eigenvalue weighted by Crippen LogP contribution is -2.42. The highest BCUT2D eigenvalue weighted by atomic mass is 79.9. The second-order valence-corrected chi connectivity index (χ2v) is 6.21. The molecule has 96 valence electrons. The van der Waals surface area contributed by atoms with Crippen molar-refractivity contribution in [1.29, 1.82) is 0 Å². The summed E-state index contributed by atoms with van der Waals surface area (Å²) in [5.74, 6) is 0. The summed E-state index contributed by atoms with van der Waals surface area (Å²) >= 11 is 3.63. The summed E-state index contributed by atoms with van der Waals surface area (Å²) in [4.78, 5) is 0. The van der Waals surface area contributed by atoms with Crippen molar-refractivity contribution in [2.45, 2.75) is 47.0 Å². The van der Waals surface area contributed by atoms with Gasteiger partial charge in [0.2, 0.25) is 0 Å². The van der Waals surface area contributed by atoms with Crippen LogP contribution in [0.25, 0.3) is 12.2 Å². The van der Waals surface area contributed by atoms with Gasteiger partial charge in [-0.3, -0.25) is 0 Å². The van der Waals surface area contributed by atoms with Gasteiger partial charge in [-0.1, -0.05) is 49.7 Å². The largest absolute Gasteiger partial charge is 0.464 e. The molecule has 0 bridgehead atoms. The quantitative estimate of drug-likeness (QED) is 0.778. The fourth-order valence-electron chi connectivity index (χ4n) is 1.92. The van der Waals surface area contributed by atoms with Crippen LogP contribution in [0.5, 0.6) is 0 Å². The van der Waals surface area contributed by atoms with Gasteiger partial charge in [-0.25, -0.2) is 0 Å². The van der Waals surface area contributed by atoms with Gasteiger partial charge in [-0.15, -0.1) is 0 Å². The van der Waals surface area contributed by atoms with Gasteiger partial charge in [0.05, 0.1) is 6.26 Å². The molecule has 2 heteroatoms. The normalized spacial score (nSPS) is 15.7. The molecule has 1 aromatic heterocycles. The van der Waals surface area contributed by atoms with Crippen molar-refractivity contribution < 1.29 is 4.42 Å². The molecule has 1 nitrogen and oxygen atoms in total. The maximum absolute atomic E-state index is 5.66. The average molecular weight is 299 g/mol. The Morgan fingerprint density at radius 3 is 2.18 bits per heavy atom. The van der Waals surface area contributed by atoms with Crippen molar-refractivity contribution in [3.05, 3.63) is 22.5 Å². The zero-order valence-electron chi connectivity index (χ0n) is 11.7. The van der Waals surface area contributed by atoms with Crippen molar-refractivity contribution in [2.75, 3.05) is 5.33 Å². The van der Waals surface area contributed by atoms with Gasteiger partial charge >= 0.3 is 0 Å². The molecule has 17 heavy (non-hydrogen) atoms. The van der Waals surface area contributed by atoms with Gasteiger partial charge in [0.25, 0.3) is 0 Å². The highest BCUT2D eigenvalue weighted by molar-refractivity contribution is 9.09. The molecule has 0 aliphatic rings. The standard InChI is InChI=1S/C15H23BrO/c1-7-11-12(9-17-13(11)8-2)15(5,6)14(3,4)10-16/h7-9H,10H2,1-6H3/b11-7-,13-8+. The van der Waals surface area contributed by atoms with Crippen LogP contribution in [0, 0.1) is 5.41 Å². The van der Waals surface area contributed by atoms with Crippen molar-refractivity contribution in [2.24, 2.45) is 5.41 Å². The van der Waals surface area contributed by atoms with Crippen LogP contribution >= 0.6 is 15.9 Å². The van der Waals surface area contributed by atoms with E-state index in [1.165, 1.54) is 10.8 Å². The molecule has 0 radical (unpaired) electrons. The molecule has 0 saturated carbocycles. The van der Waals surface area contributed by atoms with E-state index < -0.39 is 0 Å². The van der Waals surface area contributed by atoms with Gasteiger partial charge in [0.1, 0.15) is 5.42 Å². The summed E-state index contributed by atoms with van der Waals surface area (Å²) in [7, 11) is 0. The van der Waals surface area contributed by atoms with Crippen LogP contribution < -0.4 is 10.6 Å². The molecule has 1 aromatic rings. The first-order valence-electron chi connectivity index (χ1n) is 6.08. The molecule has 0 unspecified atom stereocenters. The number of alkyl halides is 1. The van der Waals surface area contributed by atoms with Gasteiger partial charge in [0.15, 0.2) is 0 Å². The number of furan rings is 1. The fraction of sp³-hybridized carbons (Fsp3) is 0.600. The van der Waals surface area contributed by atoms with E-state index in [9.17, 15) is 0 Å². The highest BCUT2D eigenvalue weighted by Crippen LogP contribution is 2.41. The monoisotopic (exact) mass is 298 g/mol. The van der Waals surface area contributed by atoms with E-state index in [2.05, 4.69) is 56.6 Å². The minimum Gasteiger partial charge on any atom is -0.464 e. The molecule has 0 atom stereocenters. The maximum Gasteiger partial charge on any atom is 0.129 e. The zero-order chi connectivity index (χ0) is 13.3. The Balaban J connectivity index is 3.51. The molecule has 0 aliphatic carbocycles. The molecule has 1 rings (SSSR count). The Hall–Kier alpha value is -0.500. The van der Waals surface area contributed by atoms with Crippen molar-refractivity contribution in [3.8, 4) is 0 Å². The molecule has 0 saturated heterocycles. The molecule has 0 amide bonds. The van der Waals surface area contributed by atoms with E-state index in [0.717, 1.165) is 10.7 Å². The van der Waals surface area contributed by atoms with Crippen LogP contribution in [-0.4, -0.2) is 5.33 Å². The van der Waals surface area contributed by atoms with E-state index in [0.29, 0.717) is 0 Å². The molecule has 1 heterocycles. The molecule has 0 spiro atoms. The lowest BCUT2D eigenvalue weighted by Gasteiger charge is -2.40. The predicted molar refractivity (Wildman–Crippen MR) is 78.8 cm³/mol. The second kappa shape index (κ2) is 5.01. The van der Waals surface area contributed by atoms with E-state index in [-0.39, 0.29) is 10.8 Å². The minimum absolute atomic E-state index is 0.0586. The molecule has 0 fully saturated rings. The maximum atomic E-state index is 5.66. The third-order valence-electron chi connectivity index (χ3n) is 4.11. The van der Waals surface area contributed by atoms with Crippen LogP contribution in [0.1, 0.15) is 47.1 Å². The summed E-state index contributed by atoms with van der Waals surface area (Å²) in [5, 5.41) is 2.19. The lowest BCUT2D eigenvalue weighted by atomic mass is 9.65. The van der Waals surface area contributed by atoms with Crippen molar-refractivity contribution in [3.63, 3.8) is 0 Å². The Morgan fingerprint density at radius 2 is 1.76 bits per heavy atom. The van der Waals surface area contributed by atoms with Crippen LogP contribution in [-0.2, 0) is 5.41 Å². The van der Waals surface area contributed by atoms with Gasteiger partial charge in [0, 0.05) is 16.1 Å². The van der Waals surface area contributed by atoms with Crippen LogP contribution in [0.3, 0.4) is 0 Å². The van der Waals surface area contributed by atoms with E-state index in [4.69, 9.17) is 4.42 Å². The summed E-state index contributed by atoms with van der Waals surface area (Å²) in [6, 6.07) is 0. The summed E-state index contributed by atoms with van der Waals surface area (Å²) in [6.45, 7) is 13.2. The van der Waals surface area contributed by atoms with E-state index in [1.807, 2.05) is 19.3 Å². The Bertz CT molecular complexity index is 491. The number of halogens is 1. The van der Waals surface area contributed by atoms with Gasteiger partial charge < -0.3 is 4.42 Å². The van der Waals surface area contributed by atoms with Crippen LogP contribution in [0.15, 0.2) is 10.7 Å². The summed E-state index contributed by atoms with van der Waals surface area (Å²) in [6.07, 6.45) is 6.07. The third-order valence-corrected chi connectivity index (χ3v) is 5.51. The molecular weight excluding hydrogens is 276 g/mol. The molecule has 0 aromatic carbocycles. The molecule has 0 aliphatic heterocycles. The topological polar surface area (TPSA) is 13.1 Å². The van der Waals surface area contributed by atoms with Gasteiger partial charge in [-0.2, -0.15) is 0 Å². The van der Waals surface area contributed by atoms with E-state index >= 15 is 0 Å². The summed E-state index contributed by atoms with van der Waals surface area (Å²) < 4.78 is 5.66. The van der Waals surface area contributed by atoms with E-state index in [1.54, 1.807) is 0 Å². The molecular formula is C15H23BrO. The summed E-state index contributed by atoms with van der Waals surface area (Å²) in [5.41, 5.74) is 2.49. The van der Waals surface area contributed by atoms with Crippen molar-refractivity contribution >= 4 is 28.1 Å². The van der Waals surface area contributed by atoms with Crippen LogP contribution in [0.4, 0.5) is 0 Å². The minimum atomic E-state index is 0.0586. The first-order chi connectivity index (χ1) is 7.81. The highest BCUT2D eigenvalue weighted by Gasteiger charge is 2.39.